The standard InChI is InChI=1S/C25H15Cl2FN4O3/c26-16-2-1-15(23(27)11-16)14-35-20-9-7-19(8-10-20)32-25(34)22(13-30)21(12-29)24(33)31-18-5-3-17(28)4-6-18/h1-11H,14H2,(H,31,33)(H,32,34)/b22-21+. The summed E-state index contributed by atoms with van der Waals surface area (Å²) < 4.78 is 18.7. The normalized spacial score (nSPS) is 10.9. The lowest BCUT2D eigenvalue weighted by Crippen LogP contribution is -2.21. The van der Waals surface area contributed by atoms with Crippen molar-refractivity contribution in [1.29, 1.82) is 10.5 Å². The second-order valence-corrected chi connectivity index (χ2v) is 7.78. The molecular weight excluding hydrogens is 494 g/mol. The predicted molar refractivity (Wildman–Crippen MR) is 129 cm³/mol. The molecule has 0 aromatic heterocycles. The van der Waals surface area contributed by atoms with Gasteiger partial charge in [-0.3, -0.25) is 9.59 Å². The van der Waals surface area contributed by atoms with E-state index in [2.05, 4.69) is 10.6 Å². The number of carbonyl (C=O) groups is 2. The zero-order chi connectivity index (χ0) is 25.4. The van der Waals surface area contributed by atoms with Gasteiger partial charge in [-0.15, -0.1) is 0 Å². The molecule has 2 N–H and O–H groups in total. The number of benzene rings is 3. The van der Waals surface area contributed by atoms with Gasteiger partial charge in [-0.05, 0) is 60.7 Å². The number of hydrogen-bond donors (Lipinski definition) is 2. The summed E-state index contributed by atoms with van der Waals surface area (Å²) in [5, 5.41) is 24.5. The molecule has 0 heterocycles. The fourth-order valence-electron chi connectivity index (χ4n) is 2.80. The van der Waals surface area contributed by atoms with Gasteiger partial charge in [-0.1, -0.05) is 29.3 Å². The largest absolute Gasteiger partial charge is 0.489 e. The first kappa shape index (κ1) is 25.3. The van der Waals surface area contributed by atoms with E-state index < -0.39 is 28.8 Å². The van der Waals surface area contributed by atoms with Gasteiger partial charge in [0.15, 0.2) is 0 Å². The summed E-state index contributed by atoms with van der Waals surface area (Å²) in [6.07, 6.45) is 0. The summed E-state index contributed by atoms with van der Waals surface area (Å²) in [5.41, 5.74) is -0.132. The lowest BCUT2D eigenvalue weighted by atomic mass is 10.1. The van der Waals surface area contributed by atoms with Gasteiger partial charge in [-0.2, -0.15) is 10.5 Å². The molecule has 0 aliphatic carbocycles. The molecule has 7 nitrogen and oxygen atoms in total. The number of nitriles is 2. The van der Waals surface area contributed by atoms with E-state index in [1.807, 2.05) is 0 Å². The number of ether oxygens (including phenoxy) is 1. The van der Waals surface area contributed by atoms with Crippen LogP contribution in [0, 0.1) is 28.5 Å². The average molecular weight is 509 g/mol. The summed E-state index contributed by atoms with van der Waals surface area (Å²) in [5.74, 6) is -1.95. The van der Waals surface area contributed by atoms with Crippen LogP contribution >= 0.6 is 23.2 Å². The Morgan fingerprint density at radius 2 is 1.34 bits per heavy atom. The molecule has 0 unspecified atom stereocenters. The molecular formula is C25H15Cl2FN4O3. The molecule has 0 fully saturated rings. The Balaban J connectivity index is 1.67. The Hall–Kier alpha value is -4.37. The molecule has 0 radical (unpaired) electrons. The average Bonchev–Trinajstić information content (AvgIpc) is 2.84. The molecule has 0 bridgehead atoms. The molecule has 10 heteroatoms. The topological polar surface area (TPSA) is 115 Å². The van der Waals surface area contributed by atoms with Crippen molar-refractivity contribution in [2.24, 2.45) is 0 Å². The maximum Gasteiger partial charge on any atom is 0.267 e. The number of carbonyl (C=O) groups excluding carboxylic acids is 2. The third kappa shape index (κ3) is 6.81. The first-order chi connectivity index (χ1) is 16.8. The van der Waals surface area contributed by atoms with Gasteiger partial charge in [0.2, 0.25) is 0 Å². The third-order valence-corrected chi connectivity index (χ3v) is 5.14. The Kier molecular flexibility index (Phi) is 8.42. The fourth-order valence-corrected chi connectivity index (χ4v) is 3.26. The predicted octanol–water partition coefficient (Wildman–Crippen LogP) is 5.63. The van der Waals surface area contributed by atoms with E-state index in [1.54, 1.807) is 42.5 Å². The maximum atomic E-state index is 13.0. The molecule has 0 saturated heterocycles. The lowest BCUT2D eigenvalue weighted by Gasteiger charge is -2.10. The molecule has 174 valence electrons. The Labute approximate surface area is 210 Å². The van der Waals surface area contributed by atoms with Crippen molar-refractivity contribution in [1.82, 2.24) is 0 Å². The number of hydrogen-bond acceptors (Lipinski definition) is 5. The molecule has 0 spiro atoms. The highest BCUT2D eigenvalue weighted by atomic mass is 35.5. The van der Waals surface area contributed by atoms with E-state index in [4.69, 9.17) is 27.9 Å². The number of nitrogens with one attached hydrogen (secondary N) is 2. The molecule has 3 aromatic carbocycles. The van der Waals surface area contributed by atoms with E-state index in [-0.39, 0.29) is 12.3 Å². The van der Waals surface area contributed by atoms with Crippen LogP contribution in [0.2, 0.25) is 10.0 Å². The van der Waals surface area contributed by atoms with Crippen LogP contribution in [-0.2, 0) is 16.2 Å². The summed E-state index contributed by atoms with van der Waals surface area (Å²) in [7, 11) is 0. The van der Waals surface area contributed by atoms with Gasteiger partial charge in [0, 0.05) is 27.0 Å². The monoisotopic (exact) mass is 508 g/mol. The first-order valence-electron chi connectivity index (χ1n) is 9.90. The van der Waals surface area contributed by atoms with E-state index >= 15 is 0 Å². The smallest absolute Gasteiger partial charge is 0.267 e. The van der Waals surface area contributed by atoms with Crippen LogP contribution in [0.5, 0.6) is 5.75 Å². The highest BCUT2D eigenvalue weighted by Crippen LogP contribution is 2.23. The van der Waals surface area contributed by atoms with Crippen LogP contribution in [0.15, 0.2) is 77.9 Å². The number of rotatable bonds is 7. The minimum absolute atomic E-state index is 0.192. The van der Waals surface area contributed by atoms with Crippen molar-refractivity contribution in [3.05, 3.63) is 99.3 Å². The Morgan fingerprint density at radius 3 is 1.83 bits per heavy atom. The Morgan fingerprint density at radius 1 is 0.829 bits per heavy atom. The lowest BCUT2D eigenvalue weighted by molar-refractivity contribution is -0.114. The molecule has 3 rings (SSSR count). The Bertz CT molecular complexity index is 1380. The van der Waals surface area contributed by atoms with Crippen molar-refractivity contribution in [2.45, 2.75) is 6.61 Å². The number of amides is 2. The zero-order valence-electron chi connectivity index (χ0n) is 17.8. The van der Waals surface area contributed by atoms with E-state index in [0.717, 1.165) is 17.7 Å². The van der Waals surface area contributed by atoms with Crippen LogP contribution in [0.1, 0.15) is 5.56 Å². The second-order valence-electron chi connectivity index (χ2n) is 6.94. The van der Waals surface area contributed by atoms with Gasteiger partial charge in [0.1, 0.15) is 41.5 Å². The minimum Gasteiger partial charge on any atom is -0.489 e. The summed E-state index contributed by atoms with van der Waals surface area (Å²) >= 11 is 12.0. The zero-order valence-corrected chi connectivity index (χ0v) is 19.3. The summed E-state index contributed by atoms with van der Waals surface area (Å²) in [6.45, 7) is 0.192. The fraction of sp³-hybridized carbons (Fsp3) is 0.0400. The number of nitrogens with zero attached hydrogens (tertiary/aromatic N) is 2. The van der Waals surface area contributed by atoms with Crippen molar-refractivity contribution in [2.75, 3.05) is 10.6 Å². The highest BCUT2D eigenvalue weighted by Gasteiger charge is 2.22. The SMILES string of the molecule is N#C/C(C(=O)Nc1ccc(F)cc1)=C(/C#N)C(=O)Nc1ccc(OCc2ccc(Cl)cc2Cl)cc1. The van der Waals surface area contributed by atoms with Gasteiger partial charge in [0.05, 0.1) is 0 Å². The summed E-state index contributed by atoms with van der Waals surface area (Å²) in [6, 6.07) is 19.2. The van der Waals surface area contributed by atoms with Gasteiger partial charge >= 0.3 is 0 Å². The maximum absolute atomic E-state index is 13.0. The van der Waals surface area contributed by atoms with Crippen LogP contribution < -0.4 is 15.4 Å². The minimum atomic E-state index is -0.976. The molecule has 2 amide bonds. The molecule has 3 aromatic rings. The van der Waals surface area contributed by atoms with E-state index in [9.17, 15) is 24.5 Å². The number of anilines is 2. The van der Waals surface area contributed by atoms with Crippen molar-refractivity contribution in [3.63, 3.8) is 0 Å². The van der Waals surface area contributed by atoms with Crippen molar-refractivity contribution < 1.29 is 18.7 Å². The first-order valence-corrected chi connectivity index (χ1v) is 10.7. The molecule has 0 aliphatic heterocycles. The number of halogens is 3. The van der Waals surface area contributed by atoms with Gasteiger partial charge < -0.3 is 15.4 Å². The molecule has 0 atom stereocenters. The van der Waals surface area contributed by atoms with Crippen LogP contribution in [0.3, 0.4) is 0 Å². The summed E-state index contributed by atoms with van der Waals surface area (Å²) in [4.78, 5) is 25.0. The van der Waals surface area contributed by atoms with Gasteiger partial charge in [-0.25, -0.2) is 4.39 Å². The van der Waals surface area contributed by atoms with Crippen molar-refractivity contribution >= 4 is 46.4 Å². The van der Waals surface area contributed by atoms with Crippen LogP contribution in [0.25, 0.3) is 0 Å². The molecule has 35 heavy (non-hydrogen) atoms. The third-order valence-electron chi connectivity index (χ3n) is 4.55. The van der Waals surface area contributed by atoms with Crippen LogP contribution in [-0.4, -0.2) is 11.8 Å². The van der Waals surface area contributed by atoms with Crippen LogP contribution in [0.4, 0.5) is 15.8 Å². The van der Waals surface area contributed by atoms with Gasteiger partial charge in [0.25, 0.3) is 11.8 Å². The van der Waals surface area contributed by atoms with E-state index in [1.165, 1.54) is 24.3 Å². The second kappa shape index (κ2) is 11.7. The molecule has 0 saturated carbocycles. The van der Waals surface area contributed by atoms with E-state index in [0.29, 0.717) is 21.5 Å². The van der Waals surface area contributed by atoms with Crippen molar-refractivity contribution in [3.8, 4) is 17.9 Å². The quantitative estimate of drug-likeness (QED) is 0.316. The molecule has 0 aliphatic rings. The highest BCUT2D eigenvalue weighted by molar-refractivity contribution is 6.35.